The van der Waals surface area contributed by atoms with Crippen molar-refractivity contribution in [1.82, 2.24) is 5.32 Å². The molecular formula is C15H24FNO2. The van der Waals surface area contributed by atoms with Crippen LogP contribution in [0.2, 0.25) is 0 Å². The van der Waals surface area contributed by atoms with Crippen molar-refractivity contribution in [2.45, 2.75) is 45.3 Å². The average Bonchev–Trinajstić information content (AvgIpc) is 2.29. The van der Waals surface area contributed by atoms with Crippen molar-refractivity contribution in [3.63, 3.8) is 0 Å². The van der Waals surface area contributed by atoms with Crippen LogP contribution in [0.25, 0.3) is 0 Å². The maximum absolute atomic E-state index is 14.0. The van der Waals surface area contributed by atoms with Crippen LogP contribution < -0.4 is 10.1 Å². The first-order valence-electron chi connectivity index (χ1n) is 6.43. The van der Waals surface area contributed by atoms with Gasteiger partial charge in [-0.3, -0.25) is 0 Å². The van der Waals surface area contributed by atoms with E-state index < -0.39 is 11.4 Å². The molecular weight excluding hydrogens is 245 g/mol. The monoisotopic (exact) mass is 269 g/mol. The molecule has 0 aliphatic heterocycles. The van der Waals surface area contributed by atoms with Crippen molar-refractivity contribution in [1.29, 1.82) is 0 Å². The molecule has 0 amide bonds. The van der Waals surface area contributed by atoms with Gasteiger partial charge in [-0.25, -0.2) is 4.39 Å². The second-order valence-corrected chi connectivity index (χ2v) is 6.21. The van der Waals surface area contributed by atoms with Crippen molar-refractivity contribution in [3.8, 4) is 5.75 Å². The third-order valence-corrected chi connectivity index (χ3v) is 2.83. The Balaban J connectivity index is 2.78. The number of halogens is 1. The number of benzene rings is 1. The highest BCUT2D eigenvalue weighted by Gasteiger charge is 2.25. The second kappa shape index (κ2) is 5.88. The average molecular weight is 269 g/mol. The Labute approximate surface area is 114 Å². The van der Waals surface area contributed by atoms with Crippen molar-refractivity contribution in [3.05, 3.63) is 29.6 Å². The van der Waals surface area contributed by atoms with Gasteiger partial charge in [-0.2, -0.15) is 0 Å². The van der Waals surface area contributed by atoms with E-state index in [0.29, 0.717) is 12.1 Å². The Morgan fingerprint density at radius 3 is 2.42 bits per heavy atom. The predicted molar refractivity (Wildman–Crippen MR) is 75.0 cm³/mol. The molecule has 2 N–H and O–H groups in total. The fourth-order valence-electron chi connectivity index (χ4n) is 1.78. The smallest absolute Gasteiger partial charge is 0.168 e. The lowest BCUT2D eigenvalue weighted by Gasteiger charge is -2.29. The first-order chi connectivity index (χ1) is 8.64. The molecule has 1 aromatic carbocycles. The number of hydrogen-bond acceptors (Lipinski definition) is 3. The van der Waals surface area contributed by atoms with Gasteiger partial charge in [-0.05, 0) is 39.3 Å². The number of methoxy groups -OCH3 is 1. The Morgan fingerprint density at radius 2 is 1.89 bits per heavy atom. The quantitative estimate of drug-likeness (QED) is 0.863. The second-order valence-electron chi connectivity index (χ2n) is 6.21. The Bertz CT molecular complexity index is 425. The van der Waals surface area contributed by atoms with Gasteiger partial charge in [0.25, 0.3) is 0 Å². The van der Waals surface area contributed by atoms with Crippen LogP contribution in [0.3, 0.4) is 0 Å². The largest absolute Gasteiger partial charge is 0.494 e. The minimum absolute atomic E-state index is 0.0864. The summed E-state index contributed by atoms with van der Waals surface area (Å²) in [6, 6.07) is 4.97. The predicted octanol–water partition coefficient (Wildman–Crippen LogP) is 2.52. The number of ether oxygens (including phenoxy) is 1. The molecule has 0 aromatic heterocycles. The number of β-amino-alcohol motifs (C(OH)–C–C–N with tert-alkyl or cyclic N) is 1. The van der Waals surface area contributed by atoms with Crippen molar-refractivity contribution >= 4 is 0 Å². The van der Waals surface area contributed by atoms with Crippen LogP contribution in [0.1, 0.15) is 33.3 Å². The van der Waals surface area contributed by atoms with Crippen LogP contribution >= 0.6 is 0 Å². The molecule has 0 aliphatic rings. The zero-order chi connectivity index (χ0) is 14.7. The molecule has 1 rings (SSSR count). The first-order valence-corrected chi connectivity index (χ1v) is 6.43. The van der Waals surface area contributed by atoms with E-state index in [-0.39, 0.29) is 17.7 Å². The lowest BCUT2D eigenvalue weighted by atomic mass is 9.94. The zero-order valence-electron chi connectivity index (χ0n) is 12.4. The summed E-state index contributed by atoms with van der Waals surface area (Å²) >= 11 is 0. The number of aliphatic hydroxyl groups is 1. The van der Waals surface area contributed by atoms with Crippen LogP contribution in [0.4, 0.5) is 4.39 Å². The van der Waals surface area contributed by atoms with Gasteiger partial charge in [0.15, 0.2) is 11.6 Å². The van der Waals surface area contributed by atoms with Crippen LogP contribution in [0, 0.1) is 5.82 Å². The van der Waals surface area contributed by atoms with Crippen molar-refractivity contribution < 1.29 is 14.2 Å². The van der Waals surface area contributed by atoms with Crippen molar-refractivity contribution in [2.24, 2.45) is 0 Å². The molecule has 0 fully saturated rings. The van der Waals surface area contributed by atoms with E-state index >= 15 is 0 Å². The summed E-state index contributed by atoms with van der Waals surface area (Å²) in [5.74, 6) is -0.196. The Morgan fingerprint density at radius 1 is 1.26 bits per heavy atom. The van der Waals surface area contributed by atoms with Gasteiger partial charge in [0.1, 0.15) is 0 Å². The van der Waals surface area contributed by atoms with E-state index in [0.717, 1.165) is 0 Å². The molecule has 4 heteroatoms. The Kier molecular flexibility index (Phi) is 4.93. The molecule has 0 bridgehead atoms. The summed E-state index contributed by atoms with van der Waals surface area (Å²) in [5, 5.41) is 13.6. The van der Waals surface area contributed by atoms with Crippen LogP contribution in [0.15, 0.2) is 18.2 Å². The van der Waals surface area contributed by atoms with Gasteiger partial charge in [0.05, 0.1) is 12.7 Å². The molecule has 108 valence electrons. The molecule has 0 spiro atoms. The minimum Gasteiger partial charge on any atom is -0.494 e. The third kappa shape index (κ3) is 5.17. The van der Waals surface area contributed by atoms with Gasteiger partial charge in [-0.15, -0.1) is 0 Å². The van der Waals surface area contributed by atoms with E-state index in [1.807, 2.05) is 20.8 Å². The molecule has 0 radical (unpaired) electrons. The minimum atomic E-state index is -1.01. The maximum atomic E-state index is 14.0. The summed E-state index contributed by atoms with van der Waals surface area (Å²) in [6.07, 6.45) is 0.235. The summed E-state index contributed by atoms with van der Waals surface area (Å²) < 4.78 is 19.0. The van der Waals surface area contributed by atoms with Crippen LogP contribution in [-0.2, 0) is 6.42 Å². The molecule has 0 saturated carbocycles. The van der Waals surface area contributed by atoms with E-state index in [4.69, 9.17) is 4.74 Å². The fraction of sp³-hybridized carbons (Fsp3) is 0.600. The lowest BCUT2D eigenvalue weighted by molar-refractivity contribution is 0.0525. The van der Waals surface area contributed by atoms with E-state index in [9.17, 15) is 9.50 Å². The third-order valence-electron chi connectivity index (χ3n) is 2.83. The van der Waals surface area contributed by atoms with Gasteiger partial charge in [-0.1, -0.05) is 12.1 Å². The van der Waals surface area contributed by atoms with Crippen molar-refractivity contribution in [2.75, 3.05) is 13.7 Å². The number of nitrogens with one attached hydrogen (secondary N) is 1. The highest BCUT2D eigenvalue weighted by molar-refractivity contribution is 5.31. The van der Waals surface area contributed by atoms with E-state index in [1.54, 1.807) is 25.1 Å². The summed E-state index contributed by atoms with van der Waals surface area (Å²) in [4.78, 5) is 0. The normalized spacial score (nSPS) is 15.1. The SMILES string of the molecule is COc1cccc(CC(C)(O)CNC(C)(C)C)c1F. The fourth-order valence-corrected chi connectivity index (χ4v) is 1.78. The van der Waals surface area contributed by atoms with Gasteiger partial charge in [0, 0.05) is 18.5 Å². The topological polar surface area (TPSA) is 41.5 Å². The molecule has 1 aromatic rings. The van der Waals surface area contributed by atoms with Crippen LogP contribution in [0.5, 0.6) is 5.75 Å². The maximum Gasteiger partial charge on any atom is 0.168 e. The van der Waals surface area contributed by atoms with Gasteiger partial charge < -0.3 is 15.2 Å². The molecule has 19 heavy (non-hydrogen) atoms. The molecule has 0 heterocycles. The Hall–Kier alpha value is -1.13. The van der Waals surface area contributed by atoms with Crippen LogP contribution in [-0.4, -0.2) is 29.9 Å². The lowest BCUT2D eigenvalue weighted by Crippen LogP contribution is -2.47. The highest BCUT2D eigenvalue weighted by Crippen LogP contribution is 2.23. The molecule has 0 saturated heterocycles. The van der Waals surface area contributed by atoms with Gasteiger partial charge >= 0.3 is 0 Å². The highest BCUT2D eigenvalue weighted by atomic mass is 19.1. The standard InChI is InChI=1S/C15H24FNO2/c1-14(2,3)17-10-15(4,18)9-11-7-6-8-12(19-5)13(11)16/h6-8,17-18H,9-10H2,1-5H3. The molecule has 1 unspecified atom stereocenters. The summed E-state index contributed by atoms with van der Waals surface area (Å²) in [7, 11) is 1.43. The van der Waals surface area contributed by atoms with E-state index in [2.05, 4.69) is 5.32 Å². The number of rotatable bonds is 5. The summed E-state index contributed by atoms with van der Waals surface area (Å²) in [6.45, 7) is 8.16. The number of hydrogen-bond donors (Lipinski definition) is 2. The summed E-state index contributed by atoms with van der Waals surface area (Å²) in [5.41, 5.74) is -0.641. The van der Waals surface area contributed by atoms with Gasteiger partial charge in [0.2, 0.25) is 0 Å². The molecule has 1 atom stereocenters. The zero-order valence-corrected chi connectivity index (χ0v) is 12.4. The molecule has 0 aliphatic carbocycles. The first kappa shape index (κ1) is 15.9. The molecule has 3 nitrogen and oxygen atoms in total. The van der Waals surface area contributed by atoms with E-state index in [1.165, 1.54) is 7.11 Å².